The van der Waals surface area contributed by atoms with Crippen molar-refractivity contribution in [1.82, 2.24) is 0 Å². The molecular formula is C7H12O. The van der Waals surface area contributed by atoms with E-state index >= 15 is 0 Å². The smallest absolute Gasteiger partial charge is 0.0729 e. The SMILES string of the molecule is C=CCO[C@H](C)C=C. The van der Waals surface area contributed by atoms with Crippen LogP contribution in [0.15, 0.2) is 25.3 Å². The summed E-state index contributed by atoms with van der Waals surface area (Å²) in [7, 11) is 0. The molecule has 0 aromatic rings. The lowest BCUT2D eigenvalue weighted by molar-refractivity contribution is 0.123. The van der Waals surface area contributed by atoms with E-state index in [-0.39, 0.29) is 6.10 Å². The van der Waals surface area contributed by atoms with E-state index in [0.717, 1.165) is 0 Å². The topological polar surface area (TPSA) is 9.23 Å². The molecule has 0 spiro atoms. The summed E-state index contributed by atoms with van der Waals surface area (Å²) in [6.45, 7) is 9.61. The van der Waals surface area contributed by atoms with E-state index in [4.69, 9.17) is 4.74 Å². The van der Waals surface area contributed by atoms with Crippen molar-refractivity contribution in [3.8, 4) is 0 Å². The Morgan fingerprint density at radius 2 is 2.25 bits per heavy atom. The Labute approximate surface area is 50.7 Å². The van der Waals surface area contributed by atoms with Gasteiger partial charge < -0.3 is 4.74 Å². The highest BCUT2D eigenvalue weighted by molar-refractivity contribution is 4.76. The molecule has 1 nitrogen and oxygen atoms in total. The predicted octanol–water partition coefficient (Wildman–Crippen LogP) is 1.76. The lowest BCUT2D eigenvalue weighted by Gasteiger charge is -2.03. The van der Waals surface area contributed by atoms with Crippen LogP contribution in [-0.2, 0) is 4.74 Å². The van der Waals surface area contributed by atoms with Crippen LogP contribution in [0, 0.1) is 0 Å². The predicted molar refractivity (Wildman–Crippen MR) is 35.8 cm³/mol. The lowest BCUT2D eigenvalue weighted by Crippen LogP contribution is -2.02. The summed E-state index contributed by atoms with van der Waals surface area (Å²) in [6, 6.07) is 0. The van der Waals surface area contributed by atoms with Crippen molar-refractivity contribution in [2.75, 3.05) is 6.61 Å². The van der Waals surface area contributed by atoms with Crippen molar-refractivity contribution in [3.05, 3.63) is 25.3 Å². The molecule has 0 bridgehead atoms. The normalized spacial score (nSPS) is 12.6. The van der Waals surface area contributed by atoms with Crippen molar-refractivity contribution < 1.29 is 4.74 Å². The lowest BCUT2D eigenvalue weighted by atomic mass is 10.4. The second-order valence-corrected chi connectivity index (χ2v) is 1.56. The second kappa shape index (κ2) is 4.60. The summed E-state index contributed by atoms with van der Waals surface area (Å²) in [5, 5.41) is 0. The van der Waals surface area contributed by atoms with Gasteiger partial charge >= 0.3 is 0 Å². The van der Waals surface area contributed by atoms with E-state index in [9.17, 15) is 0 Å². The van der Waals surface area contributed by atoms with Crippen LogP contribution in [0.2, 0.25) is 0 Å². The van der Waals surface area contributed by atoms with Gasteiger partial charge in [-0.15, -0.1) is 13.2 Å². The zero-order valence-corrected chi connectivity index (χ0v) is 5.26. The highest BCUT2D eigenvalue weighted by Crippen LogP contribution is 1.88. The molecule has 0 fully saturated rings. The number of rotatable bonds is 4. The molecule has 0 aliphatic rings. The number of ether oxygens (including phenoxy) is 1. The Bertz CT molecular complexity index is 76.5. The number of hydrogen-bond acceptors (Lipinski definition) is 1. The highest BCUT2D eigenvalue weighted by Gasteiger charge is 1.88. The molecule has 0 aromatic carbocycles. The van der Waals surface area contributed by atoms with Crippen LogP contribution in [0.5, 0.6) is 0 Å². The summed E-state index contributed by atoms with van der Waals surface area (Å²) >= 11 is 0. The minimum Gasteiger partial charge on any atom is -0.370 e. The van der Waals surface area contributed by atoms with Gasteiger partial charge in [-0.05, 0) is 6.92 Å². The van der Waals surface area contributed by atoms with E-state index < -0.39 is 0 Å². The van der Waals surface area contributed by atoms with Gasteiger partial charge in [0.2, 0.25) is 0 Å². The first-order valence-electron chi connectivity index (χ1n) is 2.66. The standard InChI is InChI=1S/C7H12O/c1-4-6-8-7(3)5-2/h4-5,7H,1-2,6H2,3H3/t7-/m1/s1. The van der Waals surface area contributed by atoms with Gasteiger partial charge in [-0.2, -0.15) is 0 Å². The van der Waals surface area contributed by atoms with Crippen LogP contribution < -0.4 is 0 Å². The van der Waals surface area contributed by atoms with Crippen molar-refractivity contribution in [1.29, 1.82) is 0 Å². The molecule has 1 heteroatoms. The van der Waals surface area contributed by atoms with Crippen molar-refractivity contribution >= 4 is 0 Å². The van der Waals surface area contributed by atoms with Gasteiger partial charge in [0, 0.05) is 0 Å². The maximum Gasteiger partial charge on any atom is 0.0729 e. The Morgan fingerprint density at radius 1 is 1.62 bits per heavy atom. The molecule has 0 saturated heterocycles. The van der Waals surface area contributed by atoms with Gasteiger partial charge in [-0.25, -0.2) is 0 Å². The molecule has 0 saturated carbocycles. The molecule has 0 heterocycles. The maximum atomic E-state index is 5.10. The molecule has 0 amide bonds. The van der Waals surface area contributed by atoms with Gasteiger partial charge in [0.1, 0.15) is 0 Å². The van der Waals surface area contributed by atoms with Gasteiger partial charge in [0.25, 0.3) is 0 Å². The molecule has 0 N–H and O–H groups in total. The molecule has 46 valence electrons. The first-order valence-corrected chi connectivity index (χ1v) is 2.66. The van der Waals surface area contributed by atoms with E-state index in [0.29, 0.717) is 6.61 Å². The third-order valence-electron chi connectivity index (χ3n) is 0.809. The van der Waals surface area contributed by atoms with Gasteiger partial charge in [0.15, 0.2) is 0 Å². The zero-order chi connectivity index (χ0) is 6.41. The fourth-order valence-electron chi connectivity index (χ4n) is 0.288. The van der Waals surface area contributed by atoms with Gasteiger partial charge in [-0.3, -0.25) is 0 Å². The summed E-state index contributed by atoms with van der Waals surface area (Å²) in [6.07, 6.45) is 3.62. The molecule has 0 unspecified atom stereocenters. The minimum absolute atomic E-state index is 0.146. The van der Waals surface area contributed by atoms with E-state index in [1.807, 2.05) is 6.92 Å². The van der Waals surface area contributed by atoms with Crippen LogP contribution in [0.4, 0.5) is 0 Å². The molecule has 0 rings (SSSR count). The van der Waals surface area contributed by atoms with Crippen LogP contribution in [-0.4, -0.2) is 12.7 Å². The Kier molecular flexibility index (Phi) is 4.27. The molecule has 1 atom stereocenters. The first-order chi connectivity index (χ1) is 3.81. The Hall–Kier alpha value is -0.560. The van der Waals surface area contributed by atoms with Gasteiger partial charge in [0.05, 0.1) is 12.7 Å². The summed E-state index contributed by atoms with van der Waals surface area (Å²) in [5.41, 5.74) is 0. The van der Waals surface area contributed by atoms with Crippen LogP contribution >= 0.6 is 0 Å². The molecule has 8 heavy (non-hydrogen) atoms. The fourth-order valence-corrected chi connectivity index (χ4v) is 0.288. The fraction of sp³-hybridized carbons (Fsp3) is 0.429. The highest BCUT2D eigenvalue weighted by atomic mass is 16.5. The van der Waals surface area contributed by atoms with Crippen molar-refractivity contribution in [2.45, 2.75) is 13.0 Å². The molecular weight excluding hydrogens is 100 g/mol. The van der Waals surface area contributed by atoms with E-state index in [2.05, 4.69) is 13.2 Å². The van der Waals surface area contributed by atoms with Crippen LogP contribution in [0.25, 0.3) is 0 Å². The number of hydrogen-bond donors (Lipinski definition) is 0. The zero-order valence-electron chi connectivity index (χ0n) is 5.26. The Balaban J connectivity index is 3.09. The summed E-state index contributed by atoms with van der Waals surface area (Å²) in [4.78, 5) is 0. The van der Waals surface area contributed by atoms with E-state index in [1.165, 1.54) is 0 Å². The second-order valence-electron chi connectivity index (χ2n) is 1.56. The molecule has 0 aliphatic carbocycles. The van der Waals surface area contributed by atoms with Crippen molar-refractivity contribution in [2.24, 2.45) is 0 Å². The average molecular weight is 112 g/mol. The monoisotopic (exact) mass is 112 g/mol. The maximum absolute atomic E-state index is 5.10. The van der Waals surface area contributed by atoms with E-state index in [1.54, 1.807) is 12.2 Å². The van der Waals surface area contributed by atoms with Crippen LogP contribution in [0.1, 0.15) is 6.92 Å². The molecule has 0 aromatic heterocycles. The summed E-state index contributed by atoms with van der Waals surface area (Å²) < 4.78 is 5.10. The molecule has 0 aliphatic heterocycles. The molecule has 0 radical (unpaired) electrons. The first kappa shape index (κ1) is 7.44. The average Bonchev–Trinajstić information content (AvgIpc) is 1.83. The summed E-state index contributed by atoms with van der Waals surface area (Å²) in [5.74, 6) is 0. The quantitative estimate of drug-likeness (QED) is 0.503. The minimum atomic E-state index is 0.146. The van der Waals surface area contributed by atoms with Crippen molar-refractivity contribution in [3.63, 3.8) is 0 Å². The third kappa shape index (κ3) is 3.62. The van der Waals surface area contributed by atoms with Crippen LogP contribution in [0.3, 0.4) is 0 Å². The van der Waals surface area contributed by atoms with Gasteiger partial charge in [-0.1, -0.05) is 12.2 Å². The third-order valence-corrected chi connectivity index (χ3v) is 0.809. The Morgan fingerprint density at radius 3 is 2.62 bits per heavy atom. The largest absolute Gasteiger partial charge is 0.370 e.